The topological polar surface area (TPSA) is 121 Å². The molecule has 0 saturated carbocycles. The number of aromatic nitrogens is 2. The molecule has 4 N–H and O–H groups in total. The fourth-order valence-corrected chi connectivity index (χ4v) is 4.21. The van der Waals surface area contributed by atoms with Crippen molar-refractivity contribution in [1.29, 1.82) is 5.41 Å². The van der Waals surface area contributed by atoms with Gasteiger partial charge in [0.15, 0.2) is 5.96 Å². The Morgan fingerprint density at radius 1 is 1.26 bits per heavy atom. The summed E-state index contributed by atoms with van der Waals surface area (Å²) in [6.07, 6.45) is 2.02. The predicted molar refractivity (Wildman–Crippen MR) is 127 cm³/mol. The number of hydrogen-bond donors (Lipinski definition) is 3. The van der Waals surface area contributed by atoms with Crippen LogP contribution in [0.4, 0.5) is 13.2 Å². The highest BCUT2D eigenvalue weighted by Crippen LogP contribution is 2.40. The number of ether oxygens (including phenoxy) is 1. The summed E-state index contributed by atoms with van der Waals surface area (Å²) < 4.78 is 52.0. The maximum Gasteiger partial charge on any atom is 0.419 e. The van der Waals surface area contributed by atoms with Crippen molar-refractivity contribution in [3.63, 3.8) is 0 Å². The van der Waals surface area contributed by atoms with Crippen molar-refractivity contribution in [1.82, 2.24) is 15.0 Å². The van der Waals surface area contributed by atoms with Crippen LogP contribution in [0.5, 0.6) is 5.75 Å². The molecule has 0 aliphatic carbocycles. The number of nitrogens with zero attached hydrogens (tertiary/aromatic N) is 3. The zero-order valence-electron chi connectivity index (χ0n) is 19.7. The van der Waals surface area contributed by atoms with Gasteiger partial charge in [0.1, 0.15) is 11.8 Å². The Kier molecular flexibility index (Phi) is 10.6. The number of aliphatic hydroxyl groups excluding tert-OH is 1. The summed E-state index contributed by atoms with van der Waals surface area (Å²) in [5.41, 5.74) is 4.85. The van der Waals surface area contributed by atoms with E-state index in [9.17, 15) is 18.3 Å². The first kappa shape index (κ1) is 28.7. The molecule has 1 aromatic carbocycles. The Morgan fingerprint density at radius 3 is 2.63 bits per heavy atom. The second-order valence-corrected chi connectivity index (χ2v) is 8.54. The van der Waals surface area contributed by atoms with Crippen LogP contribution < -0.4 is 10.5 Å². The standard InChI is InChI=1S/C23H32F3N5O3.ClH/c1-2-3-4-5-6-7-12-33-18-9-8-15(13-17(18)23(24,25)26)20-29-21(34-30-20)19-16(14-32)10-11-31(19)22(27)28;/h8-9,13,16,19,32H,2-7,10-12,14H2,1H3,(H3,27,28);1H/t16-,19+;/m1./s1. The van der Waals surface area contributed by atoms with Crippen molar-refractivity contribution in [2.75, 3.05) is 19.8 Å². The molecular weight excluding hydrogens is 487 g/mol. The SMILES string of the molecule is CCCCCCCCOc1ccc(-c2noc([C@@H]3[C@@H](CO)CCN3C(=N)N)n2)cc1C(F)(F)F.Cl. The molecule has 12 heteroatoms. The van der Waals surface area contributed by atoms with Crippen LogP contribution >= 0.6 is 12.4 Å². The van der Waals surface area contributed by atoms with Gasteiger partial charge in [-0.3, -0.25) is 5.41 Å². The van der Waals surface area contributed by atoms with Gasteiger partial charge in [-0.2, -0.15) is 18.2 Å². The average molecular weight is 520 g/mol. The van der Waals surface area contributed by atoms with E-state index in [2.05, 4.69) is 17.1 Å². The van der Waals surface area contributed by atoms with E-state index in [-0.39, 0.29) is 60.5 Å². The molecule has 1 aliphatic rings. The smallest absolute Gasteiger partial charge is 0.419 e. The van der Waals surface area contributed by atoms with E-state index in [0.29, 0.717) is 19.4 Å². The van der Waals surface area contributed by atoms with Gasteiger partial charge in [-0.05, 0) is 31.0 Å². The van der Waals surface area contributed by atoms with Crippen LogP contribution in [0.2, 0.25) is 0 Å². The number of rotatable bonds is 11. The minimum absolute atomic E-state index is 0. The maximum absolute atomic E-state index is 13.7. The Balaban J connectivity index is 0.00000432. The zero-order chi connectivity index (χ0) is 24.7. The monoisotopic (exact) mass is 519 g/mol. The number of unbranched alkanes of at least 4 members (excludes halogenated alkanes) is 5. The number of nitrogens with two attached hydrogens (primary N) is 1. The number of aliphatic hydroxyl groups is 1. The van der Waals surface area contributed by atoms with Crippen molar-refractivity contribution in [3.8, 4) is 17.1 Å². The van der Waals surface area contributed by atoms with Crippen LogP contribution in [0.15, 0.2) is 22.7 Å². The number of hydrogen-bond acceptors (Lipinski definition) is 6. The molecule has 2 aromatic rings. The molecular formula is C23H33ClF3N5O3. The second-order valence-electron chi connectivity index (χ2n) is 8.54. The van der Waals surface area contributed by atoms with Crippen molar-refractivity contribution in [2.45, 2.75) is 64.1 Å². The predicted octanol–water partition coefficient (Wildman–Crippen LogP) is 5.17. The van der Waals surface area contributed by atoms with E-state index in [1.54, 1.807) is 0 Å². The van der Waals surface area contributed by atoms with Gasteiger partial charge in [0, 0.05) is 24.6 Å². The zero-order valence-corrected chi connectivity index (χ0v) is 20.5. The lowest BCUT2D eigenvalue weighted by Gasteiger charge is -2.24. The number of alkyl halides is 3. The fourth-order valence-electron chi connectivity index (χ4n) is 4.21. The molecule has 1 saturated heterocycles. The average Bonchev–Trinajstić information content (AvgIpc) is 3.44. The van der Waals surface area contributed by atoms with Gasteiger partial charge in [0.05, 0.1) is 12.2 Å². The van der Waals surface area contributed by atoms with Gasteiger partial charge in [0.2, 0.25) is 11.7 Å². The lowest BCUT2D eigenvalue weighted by Crippen LogP contribution is -2.37. The number of likely N-dealkylation sites (tertiary alicyclic amines) is 1. The summed E-state index contributed by atoms with van der Waals surface area (Å²) >= 11 is 0. The van der Waals surface area contributed by atoms with Crippen LogP contribution in [-0.4, -0.2) is 45.9 Å². The highest BCUT2D eigenvalue weighted by atomic mass is 35.5. The number of guanidine groups is 1. The molecule has 1 fully saturated rings. The van der Waals surface area contributed by atoms with Gasteiger partial charge in [-0.1, -0.05) is 44.2 Å². The third-order valence-electron chi connectivity index (χ3n) is 6.06. The van der Waals surface area contributed by atoms with Gasteiger partial charge in [-0.25, -0.2) is 0 Å². The van der Waals surface area contributed by atoms with Gasteiger partial charge >= 0.3 is 6.18 Å². The van der Waals surface area contributed by atoms with Gasteiger partial charge in [-0.15, -0.1) is 12.4 Å². The van der Waals surface area contributed by atoms with Crippen LogP contribution in [-0.2, 0) is 6.18 Å². The summed E-state index contributed by atoms with van der Waals surface area (Å²) in [7, 11) is 0. The van der Waals surface area contributed by atoms with Crippen LogP contribution in [0, 0.1) is 11.3 Å². The Bertz CT molecular complexity index is 957. The highest BCUT2D eigenvalue weighted by Gasteiger charge is 2.40. The first-order valence-corrected chi connectivity index (χ1v) is 11.7. The van der Waals surface area contributed by atoms with Crippen LogP contribution in [0.3, 0.4) is 0 Å². The maximum atomic E-state index is 13.7. The molecule has 3 rings (SSSR count). The number of benzene rings is 1. The molecule has 0 unspecified atom stereocenters. The van der Waals surface area contributed by atoms with Crippen molar-refractivity contribution in [3.05, 3.63) is 29.7 Å². The third-order valence-corrected chi connectivity index (χ3v) is 6.06. The van der Waals surface area contributed by atoms with Crippen LogP contribution in [0.1, 0.15) is 69.4 Å². The lowest BCUT2D eigenvalue weighted by atomic mass is 10.0. The Labute approximate surface area is 208 Å². The molecule has 2 heterocycles. The molecule has 1 aromatic heterocycles. The minimum Gasteiger partial charge on any atom is -0.493 e. The van der Waals surface area contributed by atoms with E-state index < -0.39 is 17.8 Å². The van der Waals surface area contributed by atoms with E-state index >= 15 is 0 Å². The van der Waals surface area contributed by atoms with E-state index in [1.807, 2.05) is 0 Å². The molecule has 0 spiro atoms. The molecule has 0 radical (unpaired) electrons. The van der Waals surface area contributed by atoms with E-state index in [0.717, 1.165) is 38.2 Å². The quantitative estimate of drug-likeness (QED) is 0.213. The molecule has 8 nitrogen and oxygen atoms in total. The van der Waals surface area contributed by atoms with E-state index in [1.165, 1.54) is 17.0 Å². The third kappa shape index (κ3) is 7.23. The second kappa shape index (κ2) is 13.0. The highest BCUT2D eigenvalue weighted by molar-refractivity contribution is 5.85. The fraction of sp³-hybridized carbons (Fsp3) is 0.609. The minimum atomic E-state index is -4.61. The summed E-state index contributed by atoms with van der Waals surface area (Å²) in [5.74, 6) is -0.631. The number of nitrogens with one attached hydrogen (secondary N) is 1. The molecule has 0 amide bonds. The Hall–Kier alpha value is -2.53. The van der Waals surface area contributed by atoms with E-state index in [4.69, 9.17) is 20.4 Å². The van der Waals surface area contributed by atoms with Crippen molar-refractivity contribution in [2.24, 2.45) is 11.7 Å². The van der Waals surface area contributed by atoms with Crippen LogP contribution in [0.25, 0.3) is 11.4 Å². The van der Waals surface area contributed by atoms with Gasteiger partial charge < -0.3 is 25.0 Å². The summed E-state index contributed by atoms with van der Waals surface area (Å²) in [5, 5.41) is 21.2. The summed E-state index contributed by atoms with van der Waals surface area (Å²) in [4.78, 5) is 5.79. The largest absolute Gasteiger partial charge is 0.493 e. The normalized spacial score (nSPS) is 17.9. The first-order valence-electron chi connectivity index (χ1n) is 11.7. The first-order chi connectivity index (χ1) is 16.3. The van der Waals surface area contributed by atoms with Crippen molar-refractivity contribution < 1.29 is 27.5 Å². The Morgan fingerprint density at radius 2 is 1.97 bits per heavy atom. The lowest BCUT2D eigenvalue weighted by molar-refractivity contribution is -0.138. The molecule has 35 heavy (non-hydrogen) atoms. The number of halogens is 4. The summed E-state index contributed by atoms with van der Waals surface area (Å²) in [6.45, 7) is 2.61. The molecule has 196 valence electrons. The molecule has 2 atom stereocenters. The summed E-state index contributed by atoms with van der Waals surface area (Å²) in [6, 6.07) is 3.08. The van der Waals surface area contributed by atoms with Gasteiger partial charge in [0.25, 0.3) is 0 Å². The molecule has 1 aliphatic heterocycles. The molecule has 0 bridgehead atoms. The van der Waals surface area contributed by atoms with Crippen molar-refractivity contribution >= 4 is 18.4 Å².